The number of carboxylic acid groups (broad SMARTS) is 2. The Morgan fingerprint density at radius 3 is 2.23 bits per heavy atom. The van der Waals surface area contributed by atoms with E-state index >= 15 is 0 Å². The molecule has 2 rings (SSSR count). The Hall–Kier alpha value is -2.78. The van der Waals surface area contributed by atoms with E-state index in [0.29, 0.717) is 11.1 Å². The molecule has 0 bridgehead atoms. The van der Waals surface area contributed by atoms with Gasteiger partial charge >= 0.3 is 11.9 Å². The van der Waals surface area contributed by atoms with Gasteiger partial charge in [0.25, 0.3) is 0 Å². The molecule has 6 heteroatoms. The Morgan fingerprint density at radius 2 is 1.68 bits per heavy atom. The van der Waals surface area contributed by atoms with Gasteiger partial charge in [0.05, 0.1) is 23.6 Å². The summed E-state index contributed by atoms with van der Waals surface area (Å²) in [5, 5.41) is 26.7. The maximum atomic E-state index is 10.8. The van der Waals surface area contributed by atoms with Crippen LogP contribution in [-0.4, -0.2) is 22.2 Å². The van der Waals surface area contributed by atoms with Crippen LogP contribution in [0.15, 0.2) is 52.3 Å². The zero-order valence-electron chi connectivity index (χ0n) is 11.3. The van der Waals surface area contributed by atoms with E-state index in [4.69, 9.17) is 15.5 Å². The average Bonchev–Trinajstić information content (AvgIpc) is 2.49. The summed E-state index contributed by atoms with van der Waals surface area (Å²) in [4.78, 5) is 23.1. The Labute approximate surface area is 130 Å². The molecule has 0 aliphatic heterocycles. The Kier molecular flexibility index (Phi) is 4.81. The van der Waals surface area contributed by atoms with Crippen LogP contribution >= 0.6 is 11.8 Å². The van der Waals surface area contributed by atoms with Gasteiger partial charge in [-0.15, -0.1) is 0 Å². The smallest absolute Gasteiger partial charge is 0.335 e. The second kappa shape index (κ2) is 6.78. The molecule has 0 heterocycles. The van der Waals surface area contributed by atoms with Gasteiger partial charge in [0, 0.05) is 9.79 Å². The SMILES string of the molecule is N#Cc1cc(Sc2ccc(C(=O)O)cc2)ccc1CC(=O)O. The van der Waals surface area contributed by atoms with Gasteiger partial charge in [0.2, 0.25) is 0 Å². The molecule has 0 saturated carbocycles. The van der Waals surface area contributed by atoms with Crippen molar-refractivity contribution in [3.63, 3.8) is 0 Å². The molecule has 0 radical (unpaired) electrons. The second-order valence-corrected chi connectivity index (χ2v) is 5.58. The normalized spacial score (nSPS) is 9.95. The van der Waals surface area contributed by atoms with E-state index in [0.717, 1.165) is 9.79 Å². The number of nitrogens with zero attached hydrogens (tertiary/aromatic N) is 1. The lowest BCUT2D eigenvalue weighted by Crippen LogP contribution is -2.02. The number of hydrogen-bond donors (Lipinski definition) is 2. The summed E-state index contributed by atoms with van der Waals surface area (Å²) < 4.78 is 0. The van der Waals surface area contributed by atoms with Crippen molar-refractivity contribution >= 4 is 23.7 Å². The third kappa shape index (κ3) is 3.87. The number of aliphatic carboxylic acids is 1. The molecule has 0 atom stereocenters. The van der Waals surface area contributed by atoms with Crippen molar-refractivity contribution < 1.29 is 19.8 Å². The van der Waals surface area contributed by atoms with Gasteiger partial charge in [-0.05, 0) is 42.0 Å². The molecule has 0 aliphatic carbocycles. The van der Waals surface area contributed by atoms with Crippen LogP contribution in [-0.2, 0) is 11.2 Å². The summed E-state index contributed by atoms with van der Waals surface area (Å²) in [6.45, 7) is 0. The molecule has 0 spiro atoms. The van der Waals surface area contributed by atoms with Gasteiger partial charge in [-0.25, -0.2) is 4.79 Å². The van der Waals surface area contributed by atoms with Gasteiger partial charge in [-0.3, -0.25) is 4.79 Å². The third-order valence-corrected chi connectivity index (χ3v) is 3.88. The van der Waals surface area contributed by atoms with E-state index in [1.54, 1.807) is 30.3 Å². The van der Waals surface area contributed by atoms with Crippen molar-refractivity contribution in [2.45, 2.75) is 16.2 Å². The van der Waals surface area contributed by atoms with Crippen LogP contribution in [0.2, 0.25) is 0 Å². The Morgan fingerprint density at radius 1 is 1.05 bits per heavy atom. The first-order chi connectivity index (χ1) is 10.5. The standard InChI is InChI=1S/C16H11NO4S/c17-9-12-7-14(6-3-11(12)8-15(18)19)22-13-4-1-10(2-5-13)16(20)21/h1-7H,8H2,(H,18,19)(H,20,21). The molecular weight excluding hydrogens is 302 g/mol. The summed E-state index contributed by atoms with van der Waals surface area (Å²) in [6, 6.07) is 13.4. The van der Waals surface area contributed by atoms with Crippen LogP contribution in [0.4, 0.5) is 0 Å². The van der Waals surface area contributed by atoms with E-state index in [1.165, 1.54) is 23.9 Å². The average molecular weight is 313 g/mol. The lowest BCUT2D eigenvalue weighted by molar-refractivity contribution is -0.136. The first-order valence-corrected chi connectivity index (χ1v) is 7.07. The van der Waals surface area contributed by atoms with Crippen LogP contribution in [0.1, 0.15) is 21.5 Å². The van der Waals surface area contributed by atoms with Crippen LogP contribution in [0.5, 0.6) is 0 Å². The fourth-order valence-corrected chi connectivity index (χ4v) is 2.70. The topological polar surface area (TPSA) is 98.4 Å². The highest BCUT2D eigenvalue weighted by Gasteiger charge is 2.09. The zero-order chi connectivity index (χ0) is 16.1. The molecule has 2 aromatic carbocycles. The molecule has 2 aromatic rings. The monoisotopic (exact) mass is 313 g/mol. The quantitative estimate of drug-likeness (QED) is 0.880. The van der Waals surface area contributed by atoms with Crippen LogP contribution in [0.25, 0.3) is 0 Å². The summed E-state index contributed by atoms with van der Waals surface area (Å²) >= 11 is 1.37. The number of hydrogen-bond acceptors (Lipinski definition) is 4. The predicted molar refractivity (Wildman–Crippen MR) is 80.0 cm³/mol. The molecule has 0 fully saturated rings. The van der Waals surface area contributed by atoms with Crippen molar-refractivity contribution in [3.05, 3.63) is 59.2 Å². The molecule has 0 amide bonds. The van der Waals surface area contributed by atoms with Crippen LogP contribution in [0.3, 0.4) is 0 Å². The lowest BCUT2D eigenvalue weighted by atomic mass is 10.1. The van der Waals surface area contributed by atoms with E-state index in [1.807, 2.05) is 6.07 Å². The minimum absolute atomic E-state index is 0.193. The van der Waals surface area contributed by atoms with Gasteiger partial charge in [0.1, 0.15) is 0 Å². The summed E-state index contributed by atoms with van der Waals surface area (Å²) in [6.07, 6.45) is -0.193. The minimum Gasteiger partial charge on any atom is -0.481 e. The largest absolute Gasteiger partial charge is 0.481 e. The molecule has 0 aliphatic rings. The second-order valence-electron chi connectivity index (χ2n) is 4.43. The fraction of sp³-hybridized carbons (Fsp3) is 0.0625. The van der Waals surface area contributed by atoms with Crippen molar-refractivity contribution in [2.75, 3.05) is 0 Å². The number of aromatic carboxylic acids is 1. The molecular formula is C16H11NO4S. The third-order valence-electron chi connectivity index (χ3n) is 2.88. The highest BCUT2D eigenvalue weighted by atomic mass is 32.2. The number of nitriles is 1. The predicted octanol–water partition coefficient (Wildman–Crippen LogP) is 3.03. The first kappa shape index (κ1) is 15.6. The lowest BCUT2D eigenvalue weighted by Gasteiger charge is -2.06. The van der Waals surface area contributed by atoms with Gasteiger partial charge in [-0.2, -0.15) is 5.26 Å². The van der Waals surface area contributed by atoms with Crippen LogP contribution in [0, 0.1) is 11.3 Å². The molecule has 5 nitrogen and oxygen atoms in total. The fourth-order valence-electron chi connectivity index (χ4n) is 1.84. The van der Waals surface area contributed by atoms with E-state index in [2.05, 4.69) is 0 Å². The highest BCUT2D eigenvalue weighted by Crippen LogP contribution is 2.29. The molecule has 0 aromatic heterocycles. The van der Waals surface area contributed by atoms with Gasteiger partial charge in [0.15, 0.2) is 0 Å². The number of rotatable bonds is 5. The Balaban J connectivity index is 2.21. The molecule has 110 valence electrons. The van der Waals surface area contributed by atoms with E-state index in [9.17, 15) is 9.59 Å². The van der Waals surface area contributed by atoms with Crippen molar-refractivity contribution in [1.82, 2.24) is 0 Å². The van der Waals surface area contributed by atoms with Crippen molar-refractivity contribution in [3.8, 4) is 6.07 Å². The number of carbonyl (C=O) groups is 2. The van der Waals surface area contributed by atoms with Crippen molar-refractivity contribution in [1.29, 1.82) is 5.26 Å². The maximum absolute atomic E-state index is 10.8. The van der Waals surface area contributed by atoms with Crippen molar-refractivity contribution in [2.24, 2.45) is 0 Å². The Bertz CT molecular complexity index is 763. The van der Waals surface area contributed by atoms with E-state index < -0.39 is 11.9 Å². The molecule has 2 N–H and O–H groups in total. The van der Waals surface area contributed by atoms with Gasteiger partial charge in [-0.1, -0.05) is 17.8 Å². The zero-order valence-corrected chi connectivity index (χ0v) is 12.1. The molecule has 0 saturated heterocycles. The minimum atomic E-state index is -0.985. The number of carboxylic acids is 2. The maximum Gasteiger partial charge on any atom is 0.335 e. The van der Waals surface area contributed by atoms with Crippen LogP contribution < -0.4 is 0 Å². The summed E-state index contributed by atoms with van der Waals surface area (Å²) in [5.41, 5.74) is 1.01. The van der Waals surface area contributed by atoms with E-state index in [-0.39, 0.29) is 12.0 Å². The van der Waals surface area contributed by atoms with Gasteiger partial charge < -0.3 is 10.2 Å². The summed E-state index contributed by atoms with van der Waals surface area (Å²) in [5.74, 6) is -1.97. The molecule has 0 unspecified atom stereocenters. The number of benzene rings is 2. The summed E-state index contributed by atoms with van der Waals surface area (Å²) in [7, 11) is 0. The first-order valence-electron chi connectivity index (χ1n) is 6.25. The highest BCUT2D eigenvalue weighted by molar-refractivity contribution is 7.99. The molecule has 22 heavy (non-hydrogen) atoms.